The lowest BCUT2D eigenvalue weighted by Gasteiger charge is -2.08. The van der Waals surface area contributed by atoms with Crippen LogP contribution in [0.5, 0.6) is 5.75 Å². The van der Waals surface area contributed by atoms with E-state index in [0.717, 1.165) is 5.56 Å². The summed E-state index contributed by atoms with van der Waals surface area (Å²) in [5.74, 6) is 0.0587. The van der Waals surface area contributed by atoms with Crippen molar-refractivity contribution in [3.8, 4) is 5.75 Å². The Kier molecular flexibility index (Phi) is 4.53. The predicted molar refractivity (Wildman–Crippen MR) is 91.7 cm³/mol. The van der Waals surface area contributed by atoms with Gasteiger partial charge in [0.1, 0.15) is 16.9 Å². The number of hydrogen-bond donors (Lipinski definition) is 1. The first-order valence-electron chi connectivity index (χ1n) is 7.22. The van der Waals surface area contributed by atoms with Gasteiger partial charge in [-0.15, -0.1) is 0 Å². The highest BCUT2D eigenvalue weighted by Gasteiger charge is 2.13. The number of nitrogens with one attached hydrogen (secondary N) is 1. The van der Waals surface area contributed by atoms with Crippen LogP contribution in [0.15, 0.2) is 57.7 Å². The summed E-state index contributed by atoms with van der Waals surface area (Å²) >= 11 is 6.05. The van der Waals surface area contributed by atoms with Gasteiger partial charge in [-0.3, -0.25) is 4.79 Å². The first-order chi connectivity index (χ1) is 11.6. The molecule has 6 heteroatoms. The molecule has 1 N–H and O–H groups in total. The lowest BCUT2D eigenvalue weighted by Crippen LogP contribution is -2.27. The van der Waals surface area contributed by atoms with Gasteiger partial charge in [-0.2, -0.15) is 0 Å². The van der Waals surface area contributed by atoms with E-state index in [9.17, 15) is 9.59 Å². The number of hydrogen-bond acceptors (Lipinski definition) is 4. The molecule has 1 aromatic heterocycles. The van der Waals surface area contributed by atoms with E-state index in [2.05, 4.69) is 5.32 Å². The zero-order valence-corrected chi connectivity index (χ0v) is 13.6. The molecule has 5 nitrogen and oxygen atoms in total. The number of halogens is 1. The molecule has 0 saturated heterocycles. The molecule has 3 rings (SSSR count). The minimum absolute atomic E-state index is 0.0340. The van der Waals surface area contributed by atoms with Gasteiger partial charge in [-0.1, -0.05) is 35.9 Å². The van der Waals surface area contributed by atoms with Crippen LogP contribution in [0.2, 0.25) is 5.02 Å². The van der Waals surface area contributed by atoms with E-state index >= 15 is 0 Å². The summed E-state index contributed by atoms with van der Waals surface area (Å²) in [5.41, 5.74) is 0.535. The normalized spacial score (nSPS) is 10.6. The quantitative estimate of drug-likeness (QED) is 0.737. The van der Waals surface area contributed by atoms with E-state index < -0.39 is 11.5 Å². The Bertz CT molecular complexity index is 965. The lowest BCUT2D eigenvalue weighted by molar-refractivity contribution is 0.0947. The number of fused-ring (bicyclic) bond motifs is 1. The third-order valence-electron chi connectivity index (χ3n) is 3.56. The van der Waals surface area contributed by atoms with Crippen LogP contribution in [0.25, 0.3) is 11.0 Å². The summed E-state index contributed by atoms with van der Waals surface area (Å²) < 4.78 is 10.2. The smallest absolute Gasteiger partial charge is 0.349 e. The maximum absolute atomic E-state index is 12.3. The maximum Gasteiger partial charge on any atom is 0.349 e. The van der Waals surface area contributed by atoms with E-state index in [0.29, 0.717) is 21.7 Å². The summed E-state index contributed by atoms with van der Waals surface area (Å²) in [7, 11) is 1.53. The Morgan fingerprint density at radius 3 is 2.75 bits per heavy atom. The minimum Gasteiger partial charge on any atom is -0.495 e. The molecule has 0 spiro atoms. The van der Waals surface area contributed by atoms with Crippen molar-refractivity contribution in [3.05, 3.63) is 75.1 Å². The average molecular weight is 344 g/mol. The fourth-order valence-electron chi connectivity index (χ4n) is 2.32. The Balaban J connectivity index is 1.79. The molecule has 0 aliphatic heterocycles. The number of rotatable bonds is 4. The van der Waals surface area contributed by atoms with Crippen LogP contribution in [0.3, 0.4) is 0 Å². The second-order valence-corrected chi connectivity index (χ2v) is 5.54. The van der Waals surface area contributed by atoms with Crippen molar-refractivity contribution in [3.63, 3.8) is 0 Å². The highest BCUT2D eigenvalue weighted by atomic mass is 35.5. The van der Waals surface area contributed by atoms with Crippen LogP contribution in [-0.4, -0.2) is 13.0 Å². The fraction of sp³-hybridized carbons (Fsp3) is 0.111. The van der Waals surface area contributed by atoms with Gasteiger partial charge in [0, 0.05) is 11.9 Å². The van der Waals surface area contributed by atoms with E-state index in [-0.39, 0.29) is 12.1 Å². The molecule has 0 radical (unpaired) electrons. The minimum atomic E-state index is -0.668. The molecule has 0 bridgehead atoms. The molecular weight excluding hydrogens is 330 g/mol. The van der Waals surface area contributed by atoms with Crippen LogP contribution in [0, 0.1) is 0 Å². The summed E-state index contributed by atoms with van der Waals surface area (Å²) in [6.07, 6.45) is 0. The summed E-state index contributed by atoms with van der Waals surface area (Å²) in [6.45, 7) is 0.231. The Morgan fingerprint density at radius 2 is 2.00 bits per heavy atom. The Labute approximate surface area is 142 Å². The molecule has 0 fully saturated rings. The number of methoxy groups -OCH3 is 1. The number of carbonyl (C=O) groups is 1. The molecule has 0 unspecified atom stereocenters. The molecule has 0 aliphatic rings. The molecule has 122 valence electrons. The van der Waals surface area contributed by atoms with Crippen molar-refractivity contribution in [1.82, 2.24) is 5.32 Å². The van der Waals surface area contributed by atoms with Crippen LogP contribution < -0.4 is 15.7 Å². The van der Waals surface area contributed by atoms with Crippen LogP contribution in [0.1, 0.15) is 15.9 Å². The van der Waals surface area contributed by atoms with Crippen molar-refractivity contribution >= 4 is 28.5 Å². The third kappa shape index (κ3) is 3.26. The Hall–Kier alpha value is -2.79. The second kappa shape index (κ2) is 6.76. The Morgan fingerprint density at radius 1 is 1.21 bits per heavy atom. The molecular formula is C18H14ClNO4. The molecule has 1 heterocycles. The van der Waals surface area contributed by atoms with Gasteiger partial charge in [0.2, 0.25) is 0 Å². The zero-order valence-electron chi connectivity index (χ0n) is 12.8. The monoisotopic (exact) mass is 343 g/mol. The number of benzene rings is 2. The third-order valence-corrected chi connectivity index (χ3v) is 3.85. The zero-order chi connectivity index (χ0) is 17.1. The van der Waals surface area contributed by atoms with Crippen molar-refractivity contribution in [2.24, 2.45) is 0 Å². The predicted octanol–water partition coefficient (Wildman–Crippen LogP) is 3.39. The molecule has 2 aromatic carbocycles. The lowest BCUT2D eigenvalue weighted by atomic mass is 10.1. The SMILES string of the molecule is COc1ccc(CNC(=O)c2cc3ccccc3oc2=O)cc1Cl. The topological polar surface area (TPSA) is 68.5 Å². The van der Waals surface area contributed by atoms with Crippen molar-refractivity contribution in [2.45, 2.75) is 6.54 Å². The molecule has 24 heavy (non-hydrogen) atoms. The van der Waals surface area contributed by atoms with Gasteiger partial charge >= 0.3 is 5.63 Å². The van der Waals surface area contributed by atoms with Crippen LogP contribution in [-0.2, 0) is 6.54 Å². The van der Waals surface area contributed by atoms with Crippen LogP contribution in [0.4, 0.5) is 0 Å². The number of para-hydroxylation sites is 1. The second-order valence-electron chi connectivity index (χ2n) is 5.14. The van der Waals surface area contributed by atoms with Crippen molar-refractivity contribution < 1.29 is 13.9 Å². The molecule has 3 aromatic rings. The summed E-state index contributed by atoms with van der Waals surface area (Å²) in [4.78, 5) is 24.2. The molecule has 0 atom stereocenters. The molecule has 0 saturated carbocycles. The summed E-state index contributed by atoms with van der Waals surface area (Å²) in [5, 5.41) is 3.83. The van der Waals surface area contributed by atoms with Gasteiger partial charge in [0.15, 0.2) is 0 Å². The van der Waals surface area contributed by atoms with Gasteiger partial charge in [0.05, 0.1) is 12.1 Å². The van der Waals surface area contributed by atoms with Gasteiger partial charge < -0.3 is 14.5 Å². The van der Waals surface area contributed by atoms with Crippen LogP contribution >= 0.6 is 11.6 Å². The summed E-state index contributed by atoms with van der Waals surface area (Å²) in [6, 6.07) is 13.8. The van der Waals surface area contributed by atoms with Gasteiger partial charge in [0.25, 0.3) is 5.91 Å². The number of amides is 1. The first-order valence-corrected chi connectivity index (χ1v) is 7.60. The standard InChI is InChI=1S/C18H14ClNO4/c1-23-16-7-6-11(8-14(16)19)10-20-17(21)13-9-12-4-2-3-5-15(12)24-18(13)22/h2-9H,10H2,1H3,(H,20,21). The van der Waals surface area contributed by atoms with E-state index in [1.54, 1.807) is 36.4 Å². The first kappa shape index (κ1) is 16.1. The van der Waals surface area contributed by atoms with E-state index in [1.807, 2.05) is 6.07 Å². The van der Waals surface area contributed by atoms with Gasteiger partial charge in [-0.25, -0.2) is 4.79 Å². The maximum atomic E-state index is 12.3. The fourth-order valence-corrected chi connectivity index (χ4v) is 2.60. The number of carbonyl (C=O) groups excluding carboxylic acids is 1. The number of ether oxygens (including phenoxy) is 1. The molecule has 0 aliphatic carbocycles. The average Bonchev–Trinajstić information content (AvgIpc) is 2.59. The van der Waals surface area contributed by atoms with Crippen molar-refractivity contribution in [1.29, 1.82) is 0 Å². The highest BCUT2D eigenvalue weighted by Crippen LogP contribution is 2.24. The van der Waals surface area contributed by atoms with Crippen molar-refractivity contribution in [2.75, 3.05) is 7.11 Å². The van der Waals surface area contributed by atoms with E-state index in [4.69, 9.17) is 20.8 Å². The highest BCUT2D eigenvalue weighted by molar-refractivity contribution is 6.32. The molecule has 1 amide bonds. The largest absolute Gasteiger partial charge is 0.495 e. The van der Waals surface area contributed by atoms with Gasteiger partial charge in [-0.05, 0) is 29.8 Å². The van der Waals surface area contributed by atoms with E-state index in [1.165, 1.54) is 13.2 Å².